The largest absolute Gasteiger partial charge is 0.258 e. The van der Waals surface area contributed by atoms with Crippen molar-refractivity contribution in [3.63, 3.8) is 0 Å². The smallest absolute Gasteiger partial charge is 0.0131 e. The van der Waals surface area contributed by atoms with Gasteiger partial charge < -0.3 is 0 Å². The molecule has 0 aromatic rings. The lowest BCUT2D eigenvalue weighted by atomic mass is 9.78. The summed E-state index contributed by atoms with van der Waals surface area (Å²) < 4.78 is 0. The van der Waals surface area contributed by atoms with E-state index in [1.807, 2.05) is 0 Å². The highest BCUT2D eigenvalue weighted by Gasteiger charge is 2.26. The zero-order valence-electron chi connectivity index (χ0n) is 6.40. The highest BCUT2D eigenvalue weighted by atomic mass is 15.4. The van der Waals surface area contributed by atoms with Crippen LogP contribution in [0.15, 0.2) is 0 Å². The van der Waals surface area contributed by atoms with Gasteiger partial charge in [0, 0.05) is 13.1 Å². The summed E-state index contributed by atoms with van der Waals surface area (Å²) in [6, 6.07) is 0. The van der Waals surface area contributed by atoms with Crippen LogP contribution in [0, 0.1) is 11.8 Å². The van der Waals surface area contributed by atoms with Crippen molar-refractivity contribution in [2.75, 3.05) is 13.1 Å². The summed E-state index contributed by atoms with van der Waals surface area (Å²) in [7, 11) is 0. The van der Waals surface area contributed by atoms with Gasteiger partial charge in [0.25, 0.3) is 0 Å². The monoisotopic (exact) mass is 140 g/mol. The Morgan fingerprint density at radius 3 is 1.80 bits per heavy atom. The van der Waals surface area contributed by atoms with E-state index in [0.29, 0.717) is 0 Å². The predicted molar refractivity (Wildman–Crippen MR) is 41.5 cm³/mol. The van der Waals surface area contributed by atoms with E-state index in [9.17, 15) is 0 Å². The van der Waals surface area contributed by atoms with Crippen LogP contribution >= 0.6 is 0 Å². The zero-order chi connectivity index (χ0) is 6.81. The van der Waals surface area contributed by atoms with Crippen LogP contribution in [0.3, 0.4) is 0 Å². The average molecular weight is 140 g/mol. The summed E-state index contributed by atoms with van der Waals surface area (Å²) in [6.07, 6.45) is 5.84. The molecular formula is C8H16N2. The Bertz CT molecular complexity index is 87.8. The van der Waals surface area contributed by atoms with Crippen LogP contribution in [0.1, 0.15) is 25.7 Å². The second-order valence-corrected chi connectivity index (χ2v) is 3.57. The fourth-order valence-corrected chi connectivity index (χ4v) is 2.23. The molecule has 2 atom stereocenters. The molecule has 10 heavy (non-hydrogen) atoms. The molecule has 1 aliphatic heterocycles. The van der Waals surface area contributed by atoms with E-state index >= 15 is 0 Å². The Hall–Kier alpha value is -0.0800. The van der Waals surface area contributed by atoms with Gasteiger partial charge in [0.1, 0.15) is 0 Å². The van der Waals surface area contributed by atoms with Gasteiger partial charge in [0.05, 0.1) is 0 Å². The first-order valence-electron chi connectivity index (χ1n) is 4.42. The van der Waals surface area contributed by atoms with Crippen LogP contribution in [0.5, 0.6) is 0 Å². The van der Waals surface area contributed by atoms with Crippen molar-refractivity contribution >= 4 is 0 Å². The number of fused-ring (bicyclic) bond motifs is 1. The van der Waals surface area contributed by atoms with Crippen molar-refractivity contribution in [1.29, 1.82) is 0 Å². The molecule has 0 aromatic carbocycles. The lowest BCUT2D eigenvalue weighted by Gasteiger charge is -2.36. The van der Waals surface area contributed by atoms with E-state index in [4.69, 9.17) is 0 Å². The molecule has 2 rings (SSSR count). The van der Waals surface area contributed by atoms with Gasteiger partial charge in [-0.3, -0.25) is 10.9 Å². The Morgan fingerprint density at radius 2 is 1.30 bits per heavy atom. The van der Waals surface area contributed by atoms with Crippen LogP contribution in [-0.2, 0) is 0 Å². The maximum absolute atomic E-state index is 3.23. The summed E-state index contributed by atoms with van der Waals surface area (Å²) in [5, 5.41) is 0. The van der Waals surface area contributed by atoms with Crippen LogP contribution in [-0.4, -0.2) is 13.1 Å². The molecule has 0 aromatic heterocycles. The fourth-order valence-electron chi connectivity index (χ4n) is 2.23. The van der Waals surface area contributed by atoms with Crippen LogP contribution in [0.25, 0.3) is 0 Å². The van der Waals surface area contributed by atoms with Crippen LogP contribution in [0.4, 0.5) is 0 Å². The molecule has 2 nitrogen and oxygen atoms in total. The lowest BCUT2D eigenvalue weighted by Crippen LogP contribution is -2.49. The molecule has 1 aliphatic carbocycles. The normalized spacial score (nSPS) is 40.8. The Kier molecular flexibility index (Phi) is 1.91. The second kappa shape index (κ2) is 2.89. The van der Waals surface area contributed by atoms with Gasteiger partial charge in [-0.05, 0) is 24.7 Å². The molecule has 2 aliphatic rings. The maximum Gasteiger partial charge on any atom is 0.0131 e. The van der Waals surface area contributed by atoms with E-state index in [0.717, 1.165) is 11.8 Å². The van der Waals surface area contributed by atoms with E-state index < -0.39 is 0 Å². The quantitative estimate of drug-likeness (QED) is 0.522. The van der Waals surface area contributed by atoms with Crippen molar-refractivity contribution in [3.8, 4) is 0 Å². The van der Waals surface area contributed by atoms with E-state index in [1.54, 1.807) is 0 Å². The third-order valence-corrected chi connectivity index (χ3v) is 2.92. The van der Waals surface area contributed by atoms with E-state index in [-0.39, 0.29) is 0 Å². The fraction of sp³-hybridized carbons (Fsp3) is 1.00. The van der Waals surface area contributed by atoms with Crippen molar-refractivity contribution in [2.24, 2.45) is 11.8 Å². The minimum absolute atomic E-state index is 0.981. The summed E-state index contributed by atoms with van der Waals surface area (Å²) in [5.74, 6) is 1.96. The number of nitrogens with one attached hydrogen (secondary N) is 2. The summed E-state index contributed by atoms with van der Waals surface area (Å²) in [4.78, 5) is 0. The van der Waals surface area contributed by atoms with Gasteiger partial charge in [-0.15, -0.1) is 0 Å². The second-order valence-electron chi connectivity index (χ2n) is 3.57. The van der Waals surface area contributed by atoms with Crippen LogP contribution in [0.2, 0.25) is 0 Å². The topological polar surface area (TPSA) is 24.1 Å². The molecule has 58 valence electrons. The number of hydrogen-bond donors (Lipinski definition) is 2. The SMILES string of the molecule is C1CCC2CNNCC2C1. The standard InChI is InChI=1S/C8H16N2/c1-2-4-8-6-10-9-5-7(8)3-1/h7-10H,1-6H2. The summed E-state index contributed by atoms with van der Waals surface area (Å²) in [5.41, 5.74) is 6.47. The number of hydrazine groups is 1. The molecule has 1 saturated carbocycles. The highest BCUT2D eigenvalue weighted by Crippen LogP contribution is 2.29. The zero-order valence-corrected chi connectivity index (χ0v) is 6.40. The summed E-state index contributed by atoms with van der Waals surface area (Å²) in [6.45, 7) is 2.40. The minimum Gasteiger partial charge on any atom is -0.258 e. The Labute approximate surface area is 62.4 Å². The third kappa shape index (κ3) is 1.18. The molecular weight excluding hydrogens is 124 g/mol. The lowest BCUT2D eigenvalue weighted by molar-refractivity contribution is 0.172. The van der Waals surface area contributed by atoms with Crippen molar-refractivity contribution in [2.45, 2.75) is 25.7 Å². The molecule has 0 radical (unpaired) electrons. The average Bonchev–Trinajstić information content (AvgIpc) is 2.05. The van der Waals surface area contributed by atoms with E-state index in [2.05, 4.69) is 10.9 Å². The molecule has 1 heterocycles. The number of rotatable bonds is 0. The molecule has 2 heteroatoms. The van der Waals surface area contributed by atoms with Crippen LogP contribution < -0.4 is 10.9 Å². The molecule has 2 N–H and O–H groups in total. The molecule has 2 fully saturated rings. The van der Waals surface area contributed by atoms with Crippen molar-refractivity contribution in [1.82, 2.24) is 10.9 Å². The molecule has 2 unspecified atom stereocenters. The molecule has 1 saturated heterocycles. The van der Waals surface area contributed by atoms with Gasteiger partial charge in [-0.1, -0.05) is 12.8 Å². The van der Waals surface area contributed by atoms with Crippen molar-refractivity contribution < 1.29 is 0 Å². The Balaban J connectivity index is 1.93. The minimum atomic E-state index is 0.981. The first-order valence-corrected chi connectivity index (χ1v) is 4.42. The molecule has 0 amide bonds. The Morgan fingerprint density at radius 1 is 0.800 bits per heavy atom. The van der Waals surface area contributed by atoms with Gasteiger partial charge in [-0.2, -0.15) is 0 Å². The van der Waals surface area contributed by atoms with Gasteiger partial charge in [0.15, 0.2) is 0 Å². The van der Waals surface area contributed by atoms with Crippen molar-refractivity contribution in [3.05, 3.63) is 0 Å². The first kappa shape index (κ1) is 6.62. The predicted octanol–water partition coefficient (Wildman–Crippen LogP) is 0.901. The maximum atomic E-state index is 3.23. The number of hydrogen-bond acceptors (Lipinski definition) is 2. The van der Waals surface area contributed by atoms with E-state index in [1.165, 1.54) is 38.8 Å². The first-order chi connectivity index (χ1) is 4.97. The van der Waals surface area contributed by atoms with Gasteiger partial charge in [0.2, 0.25) is 0 Å². The van der Waals surface area contributed by atoms with Gasteiger partial charge >= 0.3 is 0 Å². The summed E-state index contributed by atoms with van der Waals surface area (Å²) >= 11 is 0. The van der Waals surface area contributed by atoms with Gasteiger partial charge in [-0.25, -0.2) is 0 Å². The molecule has 0 spiro atoms. The molecule has 0 bridgehead atoms. The highest BCUT2D eigenvalue weighted by molar-refractivity contribution is 4.80. The third-order valence-electron chi connectivity index (χ3n) is 2.92.